The van der Waals surface area contributed by atoms with Crippen molar-refractivity contribution < 1.29 is 51.0 Å². The molecule has 0 saturated heterocycles. The van der Waals surface area contributed by atoms with Crippen LogP contribution in [0, 0.1) is 13.8 Å². The smallest absolute Gasteiger partial charge is 0.251 e. The number of sulfone groups is 2. The first-order valence-corrected chi connectivity index (χ1v) is 26.6. The fourth-order valence-electron chi connectivity index (χ4n) is 6.93. The van der Waals surface area contributed by atoms with Gasteiger partial charge in [-0.2, -0.15) is 0 Å². The Labute approximate surface area is 439 Å². The molecule has 0 aliphatic rings. The summed E-state index contributed by atoms with van der Waals surface area (Å²) in [5.41, 5.74) is 3.52. The van der Waals surface area contributed by atoms with Gasteiger partial charge in [-0.05, 0) is 93.8 Å². The van der Waals surface area contributed by atoms with Crippen LogP contribution in [0.4, 0.5) is 28.4 Å². The fraction of sp³-hybridized carbons (Fsp3) is 0.167. The van der Waals surface area contributed by atoms with Gasteiger partial charge in [0.15, 0.2) is 19.7 Å². The van der Waals surface area contributed by atoms with E-state index in [-0.39, 0.29) is 61.2 Å². The molecule has 2 atom stereocenters. The Morgan fingerprint density at radius 2 is 0.919 bits per heavy atom. The number of carbonyl (C=O) groups excluding carboxylic acids is 5. The number of hydrogen-bond donors (Lipinski definition) is 7. The maximum atomic E-state index is 13.0. The zero-order valence-electron chi connectivity index (χ0n) is 40.6. The van der Waals surface area contributed by atoms with Crippen molar-refractivity contribution in [1.82, 2.24) is 0 Å². The van der Waals surface area contributed by atoms with Crippen LogP contribution in [0.3, 0.4) is 0 Å². The van der Waals surface area contributed by atoms with Gasteiger partial charge in [-0.25, -0.2) is 16.8 Å². The highest BCUT2D eigenvalue weighted by atomic mass is 35.5. The SMILES string of the molecule is CCC(C(=O)Nc1cc(O)c(NC(=O)/C(C)=C/c2ccccc2)cc1Cl)S(=O)(=O)c1ccc(C)cc1.CCC(C(=O)Nc1cc(O)c(NC(=O)/C=C/C(=O)Nc2ccccc2)cc1Cl)S(=O)(=O)c1ccc(C)cc1. The van der Waals surface area contributed by atoms with Crippen LogP contribution in [0.5, 0.6) is 11.5 Å². The van der Waals surface area contributed by atoms with Gasteiger partial charge in [0.25, 0.3) is 5.91 Å². The molecule has 6 aromatic rings. The number of phenolic OH excluding ortho intramolecular Hbond substituents is 2. The van der Waals surface area contributed by atoms with E-state index in [9.17, 15) is 51.0 Å². The Hall–Kier alpha value is -7.77. The van der Waals surface area contributed by atoms with Gasteiger partial charge in [0.1, 0.15) is 22.0 Å². The predicted molar refractivity (Wildman–Crippen MR) is 290 cm³/mol. The Balaban J connectivity index is 0.000000274. The van der Waals surface area contributed by atoms with Gasteiger partial charge >= 0.3 is 0 Å². The lowest BCUT2D eigenvalue weighted by atomic mass is 10.1. The van der Waals surface area contributed by atoms with Gasteiger partial charge in [-0.15, -0.1) is 0 Å². The van der Waals surface area contributed by atoms with Crippen LogP contribution in [0.2, 0.25) is 10.0 Å². The Morgan fingerprint density at radius 3 is 1.34 bits per heavy atom. The van der Waals surface area contributed by atoms with Crippen LogP contribution in [0.15, 0.2) is 161 Å². The summed E-state index contributed by atoms with van der Waals surface area (Å²) in [6.45, 7) is 8.46. The molecule has 20 heteroatoms. The van der Waals surface area contributed by atoms with E-state index in [1.165, 1.54) is 36.4 Å². The number of aryl methyl sites for hydroxylation is 2. The van der Waals surface area contributed by atoms with E-state index in [0.717, 1.165) is 41.0 Å². The van der Waals surface area contributed by atoms with E-state index in [1.54, 1.807) is 81.4 Å². The van der Waals surface area contributed by atoms with Gasteiger partial charge in [-0.1, -0.05) is 121 Å². The van der Waals surface area contributed by atoms with Crippen LogP contribution in [0.1, 0.15) is 50.3 Å². The predicted octanol–water partition coefficient (Wildman–Crippen LogP) is 10.3. The lowest BCUT2D eigenvalue weighted by molar-refractivity contribution is -0.116. The summed E-state index contributed by atoms with van der Waals surface area (Å²) < 4.78 is 52.1. The van der Waals surface area contributed by atoms with E-state index in [2.05, 4.69) is 26.6 Å². The number of halogens is 2. The first kappa shape index (κ1) is 57.1. The van der Waals surface area contributed by atoms with Gasteiger partial charge in [0, 0.05) is 35.5 Å². The summed E-state index contributed by atoms with van der Waals surface area (Å²) in [6.07, 6.45) is 3.73. The van der Waals surface area contributed by atoms with E-state index in [4.69, 9.17) is 23.2 Å². The topological polar surface area (TPSA) is 254 Å². The number of rotatable bonds is 17. The minimum absolute atomic E-state index is 0.00394. The van der Waals surface area contributed by atoms with Gasteiger partial charge < -0.3 is 36.8 Å². The highest BCUT2D eigenvalue weighted by Crippen LogP contribution is 2.36. The Kier molecular flexibility index (Phi) is 19.9. The van der Waals surface area contributed by atoms with Crippen LogP contribution in [-0.2, 0) is 43.6 Å². The number of carbonyl (C=O) groups is 5. The standard InChI is InChI=1S/C27H26ClN3O6S.C27H27ClN2O5S/c1-3-24(38(36,37)19-11-9-17(2)10-12-19)27(35)31-21-16-23(32)22(15-20(21)28)30-26(34)14-13-25(33)29-18-7-5-4-6-8-18;1-4-25(36(34,35)20-12-10-17(2)11-13-20)27(33)29-22-16-24(31)23(15-21(22)28)30-26(32)18(3)14-19-8-6-5-7-9-19/h4-16,24,32H,3H2,1-2H3,(H,29,33)(H,30,34)(H,31,35);5-16,25,31H,4H2,1-3H3,(H,29,33)(H,30,32)/b14-13+;18-14+. The number of hydrogen-bond acceptors (Lipinski definition) is 11. The van der Waals surface area contributed by atoms with Crippen molar-refractivity contribution in [1.29, 1.82) is 0 Å². The second-order valence-corrected chi connectivity index (χ2v) is 21.6. The van der Waals surface area contributed by atoms with Crippen molar-refractivity contribution in [2.24, 2.45) is 0 Å². The Morgan fingerprint density at radius 1 is 0.527 bits per heavy atom. The van der Waals surface area contributed by atoms with E-state index in [0.29, 0.717) is 11.3 Å². The van der Waals surface area contributed by atoms with Crippen LogP contribution in [-0.4, -0.2) is 67.1 Å². The monoisotopic (exact) mass is 1080 g/mol. The molecular weight excluding hydrogens is 1030 g/mol. The third-order valence-corrected chi connectivity index (χ3v) is 16.0. The molecule has 0 radical (unpaired) electrons. The number of phenols is 2. The molecular formula is C54H53Cl2N5O11S2. The van der Waals surface area contributed by atoms with Crippen molar-refractivity contribution in [3.05, 3.63) is 178 Å². The Bertz CT molecular complexity index is 3320. The van der Waals surface area contributed by atoms with E-state index in [1.807, 2.05) is 44.2 Å². The average molecular weight is 1080 g/mol. The first-order chi connectivity index (χ1) is 35.0. The van der Waals surface area contributed by atoms with Crippen LogP contribution in [0.25, 0.3) is 6.08 Å². The molecule has 74 heavy (non-hydrogen) atoms. The summed E-state index contributed by atoms with van der Waals surface area (Å²) in [4.78, 5) is 62.6. The molecule has 2 unspecified atom stereocenters. The molecule has 7 N–H and O–H groups in total. The number of anilines is 5. The molecule has 0 aromatic heterocycles. The molecule has 0 aliphatic heterocycles. The highest BCUT2D eigenvalue weighted by Gasteiger charge is 2.34. The molecule has 0 heterocycles. The second-order valence-electron chi connectivity index (χ2n) is 16.6. The molecule has 0 fully saturated rings. The molecule has 6 rings (SSSR count). The minimum Gasteiger partial charge on any atom is -0.506 e. The number of aromatic hydroxyl groups is 2. The fourth-order valence-corrected chi connectivity index (χ4v) is 10.6. The normalized spacial score (nSPS) is 12.3. The third-order valence-electron chi connectivity index (χ3n) is 10.9. The molecule has 0 aliphatic carbocycles. The first-order valence-electron chi connectivity index (χ1n) is 22.7. The molecule has 0 spiro atoms. The maximum Gasteiger partial charge on any atom is 0.251 e. The molecule has 386 valence electrons. The quantitative estimate of drug-likeness (QED) is 0.0334. The zero-order chi connectivity index (χ0) is 54.3. The van der Waals surface area contributed by atoms with Gasteiger partial charge in [0.2, 0.25) is 23.6 Å². The molecule has 0 bridgehead atoms. The molecule has 5 amide bonds. The highest BCUT2D eigenvalue weighted by molar-refractivity contribution is 7.93. The number of amides is 5. The lowest BCUT2D eigenvalue weighted by Gasteiger charge is -2.17. The van der Waals surface area contributed by atoms with Crippen LogP contribution < -0.4 is 26.6 Å². The van der Waals surface area contributed by atoms with Crippen molar-refractivity contribution in [3.63, 3.8) is 0 Å². The number of nitrogens with one attached hydrogen (secondary N) is 5. The summed E-state index contributed by atoms with van der Waals surface area (Å²) in [6, 6.07) is 35.1. The van der Waals surface area contributed by atoms with Crippen molar-refractivity contribution in [2.45, 2.75) is 67.8 Å². The number of benzene rings is 6. The average Bonchev–Trinajstić information content (AvgIpc) is 3.35. The maximum absolute atomic E-state index is 13.0. The molecule has 0 saturated carbocycles. The summed E-state index contributed by atoms with van der Waals surface area (Å²) >= 11 is 12.5. The van der Waals surface area contributed by atoms with Gasteiger partial charge in [-0.3, -0.25) is 24.0 Å². The summed E-state index contributed by atoms with van der Waals surface area (Å²) in [7, 11) is -7.93. The zero-order valence-corrected chi connectivity index (χ0v) is 43.8. The summed E-state index contributed by atoms with van der Waals surface area (Å²) in [5, 5.41) is 30.5. The van der Waals surface area contributed by atoms with Gasteiger partial charge in [0.05, 0.1) is 42.6 Å². The minimum atomic E-state index is -3.98. The third kappa shape index (κ3) is 15.4. The second kappa shape index (κ2) is 25.7. The van der Waals surface area contributed by atoms with Crippen molar-refractivity contribution in [2.75, 3.05) is 26.6 Å². The van der Waals surface area contributed by atoms with Crippen molar-refractivity contribution >= 4 is 107 Å². The van der Waals surface area contributed by atoms with E-state index >= 15 is 0 Å². The van der Waals surface area contributed by atoms with Crippen molar-refractivity contribution in [3.8, 4) is 11.5 Å². The largest absolute Gasteiger partial charge is 0.506 e. The van der Waals surface area contributed by atoms with Crippen LogP contribution >= 0.6 is 23.2 Å². The lowest BCUT2D eigenvalue weighted by Crippen LogP contribution is -2.34. The molecule has 6 aromatic carbocycles. The molecule has 16 nitrogen and oxygen atoms in total. The number of para-hydroxylation sites is 1. The summed E-state index contributed by atoms with van der Waals surface area (Å²) in [5.74, 6) is -4.07. The van der Waals surface area contributed by atoms with E-state index < -0.39 is 65.5 Å².